The van der Waals surface area contributed by atoms with Gasteiger partial charge in [0.25, 0.3) is 5.91 Å². The highest BCUT2D eigenvalue weighted by molar-refractivity contribution is 9.10. The van der Waals surface area contributed by atoms with Crippen molar-refractivity contribution < 1.29 is 17.6 Å². The van der Waals surface area contributed by atoms with Crippen LogP contribution >= 0.6 is 27.5 Å². The number of nitrogens with one attached hydrogen (secondary N) is 2. The van der Waals surface area contributed by atoms with Crippen molar-refractivity contribution in [2.45, 2.75) is 25.2 Å². The summed E-state index contributed by atoms with van der Waals surface area (Å²) in [7, 11) is -2.20. The van der Waals surface area contributed by atoms with Crippen LogP contribution in [0, 0.1) is 5.82 Å². The van der Waals surface area contributed by atoms with E-state index in [0.717, 1.165) is 18.4 Å². The van der Waals surface area contributed by atoms with Gasteiger partial charge in [0.2, 0.25) is 10.0 Å². The lowest BCUT2D eigenvalue weighted by Gasteiger charge is -2.13. The highest BCUT2D eigenvalue weighted by Gasteiger charge is 2.30. The average molecular weight is 606 g/mol. The minimum atomic E-state index is -3.75. The number of carbonyl (C=O) groups is 1. The van der Waals surface area contributed by atoms with Gasteiger partial charge >= 0.3 is 0 Å². The molecule has 7 nitrogen and oxygen atoms in total. The van der Waals surface area contributed by atoms with Crippen LogP contribution < -0.4 is 10.0 Å². The van der Waals surface area contributed by atoms with E-state index in [1.54, 1.807) is 49.6 Å². The van der Waals surface area contributed by atoms with Crippen molar-refractivity contribution in [1.82, 2.24) is 14.9 Å². The Morgan fingerprint density at radius 1 is 1.19 bits per heavy atom. The second kappa shape index (κ2) is 10.1. The molecule has 192 valence electrons. The van der Waals surface area contributed by atoms with Crippen LogP contribution in [-0.4, -0.2) is 36.7 Å². The van der Waals surface area contributed by atoms with E-state index in [-0.39, 0.29) is 24.0 Å². The number of aryl methyl sites for hydroxylation is 1. The van der Waals surface area contributed by atoms with Crippen molar-refractivity contribution in [3.8, 4) is 11.3 Å². The molecule has 0 atom stereocenters. The van der Waals surface area contributed by atoms with Crippen LogP contribution in [0.2, 0.25) is 5.02 Å². The Labute approximate surface area is 227 Å². The van der Waals surface area contributed by atoms with E-state index >= 15 is 0 Å². The zero-order valence-electron chi connectivity index (χ0n) is 19.8. The molecule has 11 heteroatoms. The monoisotopic (exact) mass is 604 g/mol. The first-order valence-corrected chi connectivity index (χ1v) is 14.5. The second-order valence-electron chi connectivity index (χ2n) is 8.98. The fraction of sp³-hybridized carbons (Fsp3) is 0.231. The molecular formula is C26H23BrClFN4O3S. The summed E-state index contributed by atoms with van der Waals surface area (Å²) in [5.41, 5.74) is 3.99. The zero-order valence-corrected chi connectivity index (χ0v) is 22.9. The van der Waals surface area contributed by atoms with Gasteiger partial charge in [-0.2, -0.15) is 5.10 Å². The SMILES string of the molecule is CNC(=O)c1c(-c2ccc(Cl)cc2)nn2cc(NS(=O)(=O)CCc3ccc(Br)c(F)c3)c(C3CC3)cc12. The fourth-order valence-corrected chi connectivity index (χ4v) is 5.73. The maximum absolute atomic E-state index is 13.8. The van der Waals surface area contributed by atoms with Crippen LogP contribution in [0.1, 0.15) is 40.2 Å². The third-order valence-electron chi connectivity index (χ3n) is 6.30. The van der Waals surface area contributed by atoms with Gasteiger partial charge in [0.1, 0.15) is 11.5 Å². The summed E-state index contributed by atoms with van der Waals surface area (Å²) >= 11 is 9.15. The fourth-order valence-electron chi connectivity index (χ4n) is 4.25. The Hall–Kier alpha value is -2.95. The van der Waals surface area contributed by atoms with E-state index in [4.69, 9.17) is 11.6 Å². The van der Waals surface area contributed by atoms with Crippen molar-refractivity contribution in [3.63, 3.8) is 0 Å². The van der Waals surface area contributed by atoms with Gasteiger partial charge < -0.3 is 5.32 Å². The Balaban J connectivity index is 1.52. The van der Waals surface area contributed by atoms with Crippen molar-refractivity contribution in [2.24, 2.45) is 0 Å². The van der Waals surface area contributed by atoms with Crippen molar-refractivity contribution in [3.05, 3.63) is 86.7 Å². The third kappa shape index (κ3) is 5.51. The molecule has 37 heavy (non-hydrogen) atoms. The number of hydrogen-bond donors (Lipinski definition) is 2. The molecule has 1 aliphatic rings. The highest BCUT2D eigenvalue weighted by Crippen LogP contribution is 2.45. The number of benzene rings is 2. The number of aromatic nitrogens is 2. The predicted octanol–water partition coefficient (Wildman–Crippen LogP) is 5.78. The largest absolute Gasteiger partial charge is 0.355 e. The Morgan fingerprint density at radius 3 is 2.57 bits per heavy atom. The maximum atomic E-state index is 13.8. The van der Waals surface area contributed by atoms with Gasteiger partial charge in [-0.1, -0.05) is 29.8 Å². The number of sulfonamides is 1. The van der Waals surface area contributed by atoms with E-state index in [0.29, 0.717) is 43.1 Å². The first-order chi connectivity index (χ1) is 17.6. The Bertz CT molecular complexity index is 1620. The Morgan fingerprint density at radius 2 is 1.92 bits per heavy atom. The van der Waals surface area contributed by atoms with Crippen LogP contribution in [0.25, 0.3) is 16.8 Å². The molecule has 0 unspecified atom stereocenters. The number of amides is 1. The second-order valence-corrected chi connectivity index (χ2v) is 12.1. The molecule has 0 bridgehead atoms. The molecule has 0 radical (unpaired) electrons. The van der Waals surface area contributed by atoms with Crippen LogP contribution in [0.15, 0.2) is 59.2 Å². The molecule has 1 amide bonds. The average Bonchev–Trinajstić information content (AvgIpc) is 3.65. The van der Waals surface area contributed by atoms with Gasteiger partial charge in [-0.05, 0) is 82.6 Å². The first kappa shape index (κ1) is 25.7. The van der Waals surface area contributed by atoms with Crippen molar-refractivity contribution in [2.75, 3.05) is 17.5 Å². The topological polar surface area (TPSA) is 92.6 Å². The van der Waals surface area contributed by atoms with E-state index in [2.05, 4.69) is 31.1 Å². The van der Waals surface area contributed by atoms with E-state index in [1.165, 1.54) is 10.6 Å². The summed E-state index contributed by atoms with van der Waals surface area (Å²) in [5.74, 6) is -0.757. The number of hydrogen-bond acceptors (Lipinski definition) is 4. The highest BCUT2D eigenvalue weighted by atomic mass is 79.9. The van der Waals surface area contributed by atoms with E-state index in [1.807, 2.05) is 6.07 Å². The standard InChI is InChI=1S/C26H23BrClFN4O3S/c1-30-26(34)24-23-13-19(16-3-4-16)22(14-33(23)31-25(24)17-5-7-18(28)8-6-17)32-37(35,36)11-10-15-2-9-20(27)21(29)12-15/h2,5-9,12-14,16,32H,3-4,10-11H2,1H3,(H,30,34). The van der Waals surface area contributed by atoms with E-state index < -0.39 is 15.8 Å². The number of nitrogens with zero attached hydrogens (tertiary/aromatic N) is 2. The van der Waals surface area contributed by atoms with Crippen LogP contribution in [-0.2, 0) is 16.4 Å². The Kier molecular flexibility index (Phi) is 6.99. The summed E-state index contributed by atoms with van der Waals surface area (Å²) < 4.78 is 44.4. The molecule has 0 spiro atoms. The van der Waals surface area contributed by atoms with Crippen LogP contribution in [0.3, 0.4) is 0 Å². The van der Waals surface area contributed by atoms with Crippen LogP contribution in [0.4, 0.5) is 10.1 Å². The molecule has 2 N–H and O–H groups in total. The summed E-state index contributed by atoms with van der Waals surface area (Å²) in [6.45, 7) is 0. The number of fused-ring (bicyclic) bond motifs is 1. The third-order valence-corrected chi connectivity index (χ3v) is 8.47. The molecule has 0 saturated heterocycles. The molecule has 4 aromatic rings. The maximum Gasteiger partial charge on any atom is 0.255 e. The lowest BCUT2D eigenvalue weighted by Crippen LogP contribution is -2.20. The molecule has 0 aliphatic heterocycles. The summed E-state index contributed by atoms with van der Waals surface area (Å²) in [4.78, 5) is 12.9. The molecule has 1 fully saturated rings. The molecular weight excluding hydrogens is 583 g/mol. The number of rotatable bonds is 8. The minimum Gasteiger partial charge on any atom is -0.355 e. The predicted molar refractivity (Wildman–Crippen MR) is 146 cm³/mol. The molecule has 2 aromatic carbocycles. The number of anilines is 1. The van der Waals surface area contributed by atoms with Gasteiger partial charge in [-0.25, -0.2) is 17.3 Å². The molecule has 2 heterocycles. The van der Waals surface area contributed by atoms with Gasteiger partial charge in [-0.15, -0.1) is 0 Å². The first-order valence-electron chi connectivity index (χ1n) is 11.6. The quantitative estimate of drug-likeness (QED) is 0.266. The number of pyridine rings is 1. The zero-order chi connectivity index (χ0) is 26.3. The summed E-state index contributed by atoms with van der Waals surface area (Å²) in [6.07, 6.45) is 3.63. The number of carbonyl (C=O) groups excluding carboxylic acids is 1. The van der Waals surface area contributed by atoms with Gasteiger partial charge in [0.15, 0.2) is 0 Å². The van der Waals surface area contributed by atoms with Gasteiger partial charge in [0.05, 0.1) is 33.2 Å². The lowest BCUT2D eigenvalue weighted by atomic mass is 10.0. The van der Waals surface area contributed by atoms with Crippen LogP contribution in [0.5, 0.6) is 0 Å². The molecule has 1 saturated carbocycles. The smallest absolute Gasteiger partial charge is 0.255 e. The lowest BCUT2D eigenvalue weighted by molar-refractivity contribution is 0.0965. The van der Waals surface area contributed by atoms with Crippen molar-refractivity contribution >= 4 is 54.7 Å². The molecule has 2 aromatic heterocycles. The summed E-state index contributed by atoms with van der Waals surface area (Å²) in [5, 5.41) is 7.88. The molecule has 1 aliphatic carbocycles. The van der Waals surface area contributed by atoms with Crippen molar-refractivity contribution in [1.29, 1.82) is 0 Å². The molecule has 5 rings (SSSR count). The van der Waals surface area contributed by atoms with Gasteiger partial charge in [0, 0.05) is 17.6 Å². The van der Waals surface area contributed by atoms with Gasteiger partial charge in [-0.3, -0.25) is 9.52 Å². The number of halogens is 3. The summed E-state index contributed by atoms with van der Waals surface area (Å²) in [6, 6.07) is 13.4. The normalized spacial score (nSPS) is 13.6. The minimum absolute atomic E-state index is 0.157. The van der Waals surface area contributed by atoms with E-state index in [9.17, 15) is 17.6 Å².